The van der Waals surface area contributed by atoms with Crippen LogP contribution in [-0.2, 0) is 45.2 Å². The van der Waals surface area contributed by atoms with E-state index in [2.05, 4.69) is 10.3 Å². The molecule has 0 unspecified atom stereocenters. The van der Waals surface area contributed by atoms with Crippen molar-refractivity contribution in [1.29, 1.82) is 0 Å². The molecule has 23 heteroatoms. The van der Waals surface area contributed by atoms with Gasteiger partial charge in [-0.05, 0) is 78.7 Å². The molecule has 0 saturated carbocycles. The molecule has 23 nitrogen and oxygen atoms in total. The summed E-state index contributed by atoms with van der Waals surface area (Å²) >= 11 is 0. The lowest BCUT2D eigenvalue weighted by Crippen LogP contribution is -2.64. The summed E-state index contributed by atoms with van der Waals surface area (Å²) in [6, 6.07) is 4.77. The molecule has 2 saturated heterocycles. The number of aliphatic hydroxyl groups excluding tert-OH is 7. The molecule has 3 aromatic rings. The number of aryl methyl sites for hydroxylation is 1. The highest BCUT2D eigenvalue weighted by molar-refractivity contribution is 6.15. The Balaban J connectivity index is 1.07. The Morgan fingerprint density at radius 3 is 2.06 bits per heavy atom. The number of hydrogen-bond donors (Lipinski definition) is 8. The van der Waals surface area contributed by atoms with Crippen LogP contribution in [0.15, 0.2) is 43.8 Å². The average Bonchev–Trinajstić information content (AvgIpc) is 3.74. The maximum Gasteiger partial charge on any atom is 0.263 e. The molecular weight excluding hydrogens is 857 g/mol. The molecule has 7 rings (SSSR count). The SMILES string of the molecule is CN(C)CCCn1c(O)c2ccc3c4c2c(c(=NCCCn2cc(CO[C@@H]5O[C@H](CO)[C@@H](O[C@@H]6O[C@H](CO)[C@H](O)[C@H](O)[C@H]6O)[C@H](O)[C@H]5O)nn2)cc-4c(=O)n(CCCN(C)C)c3=O)c1=O. The average molecular weight is 915 g/mol. The van der Waals surface area contributed by atoms with E-state index in [0.717, 1.165) is 0 Å². The molecule has 65 heavy (non-hydrogen) atoms. The molecule has 2 fully saturated rings. The Kier molecular flexibility index (Phi) is 15.2. The van der Waals surface area contributed by atoms with Gasteiger partial charge in [0.25, 0.3) is 16.7 Å². The maximum atomic E-state index is 14.3. The highest BCUT2D eigenvalue weighted by atomic mass is 16.7. The first-order valence-corrected chi connectivity index (χ1v) is 21.5. The summed E-state index contributed by atoms with van der Waals surface area (Å²) < 4.78 is 26.4. The van der Waals surface area contributed by atoms with E-state index in [0.29, 0.717) is 60.9 Å². The van der Waals surface area contributed by atoms with Gasteiger partial charge < -0.3 is 69.6 Å². The Morgan fingerprint density at radius 2 is 1.38 bits per heavy atom. The Labute approximate surface area is 371 Å². The zero-order valence-corrected chi connectivity index (χ0v) is 36.6. The van der Waals surface area contributed by atoms with Crippen LogP contribution < -0.4 is 22.0 Å². The van der Waals surface area contributed by atoms with Gasteiger partial charge in [0.2, 0.25) is 5.88 Å². The number of benzene rings is 2. The number of pyridine rings is 2. The third-order valence-electron chi connectivity index (χ3n) is 11.9. The van der Waals surface area contributed by atoms with E-state index in [1.54, 1.807) is 24.4 Å². The summed E-state index contributed by atoms with van der Waals surface area (Å²) in [5.41, 5.74) is -0.625. The quantitative estimate of drug-likeness (QED) is 0.0289. The molecule has 0 spiro atoms. The first-order valence-electron chi connectivity index (χ1n) is 21.5. The van der Waals surface area contributed by atoms with Crippen molar-refractivity contribution in [3.63, 3.8) is 0 Å². The maximum absolute atomic E-state index is 14.3. The number of aromatic nitrogens is 5. The first kappa shape index (κ1) is 48.3. The van der Waals surface area contributed by atoms with E-state index in [9.17, 15) is 55.2 Å². The Morgan fingerprint density at radius 1 is 0.738 bits per heavy atom. The van der Waals surface area contributed by atoms with Crippen LogP contribution >= 0.6 is 0 Å². The number of rotatable bonds is 19. The van der Waals surface area contributed by atoms with Gasteiger partial charge in [-0.1, -0.05) is 5.21 Å². The summed E-state index contributed by atoms with van der Waals surface area (Å²) in [5.74, 6) is -0.255. The lowest BCUT2D eigenvalue weighted by Gasteiger charge is -2.45. The summed E-state index contributed by atoms with van der Waals surface area (Å²) in [4.78, 5) is 50.8. The van der Waals surface area contributed by atoms with E-state index in [4.69, 9.17) is 23.9 Å². The zero-order chi connectivity index (χ0) is 46.9. The van der Waals surface area contributed by atoms with Crippen molar-refractivity contribution in [2.24, 2.45) is 4.99 Å². The molecule has 5 heterocycles. The summed E-state index contributed by atoms with van der Waals surface area (Å²) in [6.45, 7) is 0.510. The van der Waals surface area contributed by atoms with Crippen molar-refractivity contribution in [1.82, 2.24) is 33.9 Å². The second kappa shape index (κ2) is 20.5. The van der Waals surface area contributed by atoms with Crippen molar-refractivity contribution < 1.29 is 59.8 Å². The van der Waals surface area contributed by atoms with Gasteiger partial charge in [-0.3, -0.25) is 33.2 Å². The predicted octanol–water partition coefficient (Wildman–Crippen LogP) is -4.01. The molecule has 0 radical (unpaired) electrons. The molecule has 356 valence electrons. The van der Waals surface area contributed by atoms with Crippen LogP contribution in [0.1, 0.15) is 25.0 Å². The van der Waals surface area contributed by atoms with E-state index in [1.807, 2.05) is 38.0 Å². The van der Waals surface area contributed by atoms with Gasteiger partial charge in [0, 0.05) is 47.9 Å². The Hall–Kier alpha value is -4.60. The molecular formula is C42H58N8O15. The first-order chi connectivity index (χ1) is 31.1. The second-order valence-electron chi connectivity index (χ2n) is 17.1. The van der Waals surface area contributed by atoms with Crippen molar-refractivity contribution in [3.8, 4) is 17.0 Å². The zero-order valence-electron chi connectivity index (χ0n) is 36.6. The predicted molar refractivity (Wildman–Crippen MR) is 230 cm³/mol. The lowest BCUT2D eigenvalue weighted by molar-refractivity contribution is -0.360. The van der Waals surface area contributed by atoms with E-state index in [-0.39, 0.29) is 53.8 Å². The van der Waals surface area contributed by atoms with E-state index >= 15 is 0 Å². The van der Waals surface area contributed by atoms with Crippen LogP contribution in [0, 0.1) is 0 Å². The Bertz CT molecular complexity index is 2600. The van der Waals surface area contributed by atoms with E-state index in [1.165, 1.54) is 13.8 Å². The van der Waals surface area contributed by atoms with Gasteiger partial charge in [0.1, 0.15) is 54.5 Å². The fourth-order valence-electron chi connectivity index (χ4n) is 8.49. The second-order valence-corrected chi connectivity index (χ2v) is 17.1. The largest absolute Gasteiger partial charge is 0.494 e. The lowest BCUT2D eigenvalue weighted by atomic mass is 9.90. The number of ether oxygens (including phenoxy) is 4. The fraction of sp³-hybridized carbons (Fsp3) is 0.619. The third kappa shape index (κ3) is 9.79. The van der Waals surface area contributed by atoms with Crippen LogP contribution in [0.5, 0.6) is 5.88 Å². The van der Waals surface area contributed by atoms with Crippen molar-refractivity contribution in [3.05, 3.63) is 66.5 Å². The summed E-state index contributed by atoms with van der Waals surface area (Å²) in [7, 11) is 7.63. The molecule has 8 N–H and O–H groups in total. The molecule has 1 aliphatic carbocycles. The highest BCUT2D eigenvalue weighted by Crippen LogP contribution is 2.37. The summed E-state index contributed by atoms with van der Waals surface area (Å²) in [6.07, 6.45) is -12.9. The van der Waals surface area contributed by atoms with Gasteiger partial charge in [0.15, 0.2) is 12.6 Å². The molecule has 3 aliphatic heterocycles. The standard InChI is InChI=1S/C42H58N8O15/c1-46(2)11-6-14-49-37(58)22-8-9-23-29-28(22)24(39(49)60)16-25(30(29)40(61)50(38(23)59)15-7-12-47(3)4)43-10-5-13-48-17-21(44-45-48)20-62-41-35(57)33(55)36(27(19-52)64-41)65-42-34(56)32(54)31(53)26(18-51)63-42/h8-9,16-17,26-27,31-36,41-42,51-57,59H,5-7,10-15,18-20H2,1-4H3/t26-,27-,31+,32+,33-,34-,35-,36-,41-,42+/m1/s1. The topological polar surface area (TPSA) is 309 Å². The third-order valence-corrected chi connectivity index (χ3v) is 11.9. The van der Waals surface area contributed by atoms with Gasteiger partial charge >= 0.3 is 0 Å². The van der Waals surface area contributed by atoms with Crippen LogP contribution in [-0.4, -0.2) is 197 Å². The van der Waals surface area contributed by atoms with Crippen molar-refractivity contribution >= 4 is 21.5 Å². The fourth-order valence-corrected chi connectivity index (χ4v) is 8.49. The van der Waals surface area contributed by atoms with Gasteiger partial charge in [-0.2, -0.15) is 0 Å². The molecule has 2 aromatic heterocycles. The molecule has 0 amide bonds. The van der Waals surface area contributed by atoms with Gasteiger partial charge in [0.05, 0.1) is 42.3 Å². The van der Waals surface area contributed by atoms with Crippen molar-refractivity contribution in [2.45, 2.75) is 107 Å². The molecule has 10 atom stereocenters. The minimum atomic E-state index is -1.80. The minimum absolute atomic E-state index is 0.177. The van der Waals surface area contributed by atoms with Gasteiger partial charge in [-0.15, -0.1) is 5.10 Å². The highest BCUT2D eigenvalue weighted by Gasteiger charge is 2.50. The van der Waals surface area contributed by atoms with Gasteiger partial charge in [-0.25, -0.2) is 0 Å². The normalized spacial score (nSPS) is 26.8. The van der Waals surface area contributed by atoms with Crippen LogP contribution in [0.25, 0.3) is 32.7 Å². The van der Waals surface area contributed by atoms with Crippen LogP contribution in [0.2, 0.25) is 0 Å². The molecule has 0 bridgehead atoms. The monoisotopic (exact) mass is 914 g/mol. The van der Waals surface area contributed by atoms with Crippen LogP contribution in [0.4, 0.5) is 0 Å². The van der Waals surface area contributed by atoms with Crippen LogP contribution in [0.3, 0.4) is 0 Å². The van der Waals surface area contributed by atoms with Crippen molar-refractivity contribution in [2.75, 3.05) is 61.0 Å². The number of hydrogen-bond acceptors (Lipinski definition) is 20. The van der Waals surface area contributed by atoms with E-state index < -0.39 is 91.3 Å². The summed E-state index contributed by atoms with van der Waals surface area (Å²) in [5, 5.41) is 93.0. The molecule has 4 aliphatic rings. The number of aliphatic hydroxyl groups is 7. The number of aromatic hydroxyl groups is 1. The smallest absolute Gasteiger partial charge is 0.263 e. The minimum Gasteiger partial charge on any atom is -0.494 e. The number of nitrogens with zero attached hydrogens (tertiary/aromatic N) is 8. The molecule has 1 aromatic carbocycles.